The number of piperidine rings is 1. The van der Waals surface area contributed by atoms with Crippen molar-refractivity contribution >= 4 is 17.1 Å². The minimum absolute atomic E-state index is 0.00719. The number of likely N-dealkylation sites (tertiary alicyclic amines) is 1. The highest BCUT2D eigenvalue weighted by atomic mass is 16.5. The summed E-state index contributed by atoms with van der Waals surface area (Å²) in [6.45, 7) is 3.48. The highest BCUT2D eigenvalue weighted by molar-refractivity contribution is 5.75. The lowest BCUT2D eigenvalue weighted by atomic mass is 9.85. The van der Waals surface area contributed by atoms with Crippen LogP contribution in [0, 0.1) is 5.92 Å². The van der Waals surface area contributed by atoms with Gasteiger partial charge < -0.3 is 19.9 Å². The van der Waals surface area contributed by atoms with Gasteiger partial charge in [0.1, 0.15) is 6.61 Å². The molecular formula is C27H34N4O3. The summed E-state index contributed by atoms with van der Waals surface area (Å²) in [7, 11) is 0. The molecule has 0 radical (unpaired) electrons. The van der Waals surface area contributed by atoms with Crippen molar-refractivity contribution in [3.05, 3.63) is 70.6 Å². The molecular weight excluding hydrogens is 428 g/mol. The van der Waals surface area contributed by atoms with Gasteiger partial charge in [-0.15, -0.1) is 0 Å². The minimum Gasteiger partial charge on any atom is -0.445 e. The van der Waals surface area contributed by atoms with E-state index in [-0.39, 0.29) is 23.9 Å². The average Bonchev–Trinajstić information content (AvgIpc) is 3.21. The largest absolute Gasteiger partial charge is 0.445 e. The van der Waals surface area contributed by atoms with Crippen LogP contribution in [0.25, 0.3) is 11.0 Å². The summed E-state index contributed by atoms with van der Waals surface area (Å²) in [4.78, 5) is 30.2. The molecule has 0 spiro atoms. The van der Waals surface area contributed by atoms with Crippen molar-refractivity contribution in [3.8, 4) is 0 Å². The first-order valence-corrected chi connectivity index (χ1v) is 12.5. The topological polar surface area (TPSA) is 79.4 Å². The predicted octanol–water partition coefficient (Wildman–Crippen LogP) is 4.45. The summed E-state index contributed by atoms with van der Waals surface area (Å²) in [6.07, 6.45) is 5.97. The Morgan fingerprint density at radius 2 is 1.65 bits per heavy atom. The third-order valence-electron chi connectivity index (χ3n) is 7.44. The van der Waals surface area contributed by atoms with E-state index in [0.717, 1.165) is 74.8 Å². The molecule has 1 aliphatic carbocycles. The van der Waals surface area contributed by atoms with Crippen molar-refractivity contribution in [2.24, 2.45) is 5.92 Å². The van der Waals surface area contributed by atoms with Gasteiger partial charge in [-0.3, -0.25) is 4.57 Å². The normalized spacial score (nSPS) is 22.0. The van der Waals surface area contributed by atoms with Gasteiger partial charge in [-0.1, -0.05) is 42.5 Å². The monoisotopic (exact) mass is 462 g/mol. The van der Waals surface area contributed by atoms with E-state index >= 15 is 0 Å². The van der Waals surface area contributed by atoms with E-state index in [0.29, 0.717) is 12.5 Å². The number of para-hydroxylation sites is 2. The van der Waals surface area contributed by atoms with Crippen LogP contribution in [0.15, 0.2) is 59.4 Å². The van der Waals surface area contributed by atoms with Crippen molar-refractivity contribution in [2.45, 2.75) is 57.2 Å². The van der Waals surface area contributed by atoms with Gasteiger partial charge in [0.2, 0.25) is 0 Å². The van der Waals surface area contributed by atoms with Gasteiger partial charge >= 0.3 is 11.8 Å². The van der Waals surface area contributed by atoms with E-state index < -0.39 is 0 Å². The first kappa shape index (κ1) is 22.7. The second kappa shape index (κ2) is 10.5. The maximum atomic E-state index is 12.5. The van der Waals surface area contributed by atoms with Gasteiger partial charge in [0, 0.05) is 31.7 Å². The Balaban J connectivity index is 1.03. The summed E-state index contributed by atoms with van der Waals surface area (Å²) >= 11 is 0. The number of imidazole rings is 1. The maximum Gasteiger partial charge on any atom is 0.407 e. The summed E-state index contributed by atoms with van der Waals surface area (Å²) in [5.41, 5.74) is 2.94. The molecule has 0 bridgehead atoms. The molecule has 5 rings (SSSR count). The second-order valence-electron chi connectivity index (χ2n) is 9.77. The molecule has 7 nitrogen and oxygen atoms in total. The van der Waals surface area contributed by atoms with E-state index in [4.69, 9.17) is 4.74 Å². The van der Waals surface area contributed by atoms with Gasteiger partial charge in [-0.05, 0) is 62.1 Å². The van der Waals surface area contributed by atoms with E-state index in [1.165, 1.54) is 0 Å². The number of carbonyl (C=O) groups excluding carboxylic acids is 1. The molecule has 1 amide bonds. The number of ether oxygens (including phenoxy) is 1. The van der Waals surface area contributed by atoms with Crippen LogP contribution in [-0.2, 0) is 11.3 Å². The lowest BCUT2D eigenvalue weighted by molar-refractivity contribution is 0.123. The number of hydrogen-bond donors (Lipinski definition) is 2. The molecule has 2 aromatic carbocycles. The fourth-order valence-electron chi connectivity index (χ4n) is 5.58. The van der Waals surface area contributed by atoms with E-state index in [1.807, 2.05) is 59.2 Å². The summed E-state index contributed by atoms with van der Waals surface area (Å²) in [5.74, 6) is 0.672. The van der Waals surface area contributed by atoms with Gasteiger partial charge in [0.05, 0.1) is 11.0 Å². The van der Waals surface area contributed by atoms with E-state index in [2.05, 4.69) is 15.2 Å². The van der Waals surface area contributed by atoms with Crippen molar-refractivity contribution in [3.63, 3.8) is 0 Å². The highest BCUT2D eigenvalue weighted by Crippen LogP contribution is 2.29. The maximum absolute atomic E-state index is 12.5. The van der Waals surface area contributed by atoms with E-state index in [9.17, 15) is 9.59 Å². The van der Waals surface area contributed by atoms with Crippen LogP contribution in [-0.4, -0.2) is 46.2 Å². The van der Waals surface area contributed by atoms with Crippen molar-refractivity contribution in [1.29, 1.82) is 0 Å². The average molecular weight is 463 g/mol. The number of nitrogens with zero attached hydrogens (tertiary/aromatic N) is 2. The van der Waals surface area contributed by atoms with Crippen molar-refractivity contribution in [2.75, 3.05) is 19.6 Å². The Morgan fingerprint density at radius 1 is 0.941 bits per heavy atom. The van der Waals surface area contributed by atoms with Crippen molar-refractivity contribution < 1.29 is 9.53 Å². The van der Waals surface area contributed by atoms with Crippen LogP contribution in [0.2, 0.25) is 0 Å². The van der Waals surface area contributed by atoms with Crippen LogP contribution in [0.4, 0.5) is 4.79 Å². The number of rotatable bonds is 6. The molecule has 1 saturated heterocycles. The Labute approximate surface area is 200 Å². The van der Waals surface area contributed by atoms with Crippen LogP contribution in [0.5, 0.6) is 0 Å². The SMILES string of the molecule is O=C(NC1CCC(CN2CCC(n3c(=O)[nH]c4ccccc43)CC2)CC1)OCc1ccccc1. The summed E-state index contributed by atoms with van der Waals surface area (Å²) < 4.78 is 7.33. The standard InChI is InChI=1S/C27H34N4O3/c32-26-29-24-8-4-5-9-25(24)31(26)23-14-16-30(17-15-23)18-20-10-12-22(13-11-20)28-27(33)34-19-21-6-2-1-3-7-21/h1-9,20,22-23H,10-19H2,(H,28,33)(H,29,32). The number of fused-ring (bicyclic) bond motifs is 1. The third kappa shape index (κ3) is 5.36. The fraction of sp³-hybridized carbons (Fsp3) is 0.481. The molecule has 34 heavy (non-hydrogen) atoms. The van der Waals surface area contributed by atoms with Gasteiger partial charge in [-0.2, -0.15) is 0 Å². The van der Waals surface area contributed by atoms with Crippen LogP contribution >= 0.6 is 0 Å². The number of H-pyrrole nitrogens is 1. The Kier molecular flexibility index (Phi) is 7.00. The number of carbonyl (C=O) groups is 1. The quantitative estimate of drug-likeness (QED) is 0.567. The zero-order chi connectivity index (χ0) is 23.3. The molecule has 2 N–H and O–H groups in total. The smallest absolute Gasteiger partial charge is 0.407 e. The molecule has 1 aliphatic heterocycles. The zero-order valence-corrected chi connectivity index (χ0v) is 19.6. The summed E-state index contributed by atoms with van der Waals surface area (Å²) in [6, 6.07) is 18.2. The molecule has 1 saturated carbocycles. The Bertz CT molecular complexity index is 1140. The van der Waals surface area contributed by atoms with Gasteiger partial charge in [0.25, 0.3) is 0 Å². The number of aromatic amines is 1. The molecule has 2 fully saturated rings. The first-order chi connectivity index (χ1) is 16.7. The fourth-order valence-corrected chi connectivity index (χ4v) is 5.58. The molecule has 2 aliphatic rings. The van der Waals surface area contributed by atoms with Gasteiger partial charge in [0.15, 0.2) is 0 Å². The third-order valence-corrected chi connectivity index (χ3v) is 7.44. The second-order valence-corrected chi connectivity index (χ2v) is 9.77. The summed E-state index contributed by atoms with van der Waals surface area (Å²) in [5, 5.41) is 3.04. The molecule has 2 heterocycles. The molecule has 0 unspecified atom stereocenters. The predicted molar refractivity (Wildman–Crippen MR) is 133 cm³/mol. The number of aromatic nitrogens is 2. The number of alkyl carbamates (subject to hydrolysis) is 1. The zero-order valence-electron chi connectivity index (χ0n) is 19.6. The molecule has 3 aromatic rings. The Morgan fingerprint density at radius 3 is 2.41 bits per heavy atom. The Hall–Kier alpha value is -3.06. The van der Waals surface area contributed by atoms with Crippen LogP contribution in [0.1, 0.15) is 50.1 Å². The number of hydrogen-bond acceptors (Lipinski definition) is 4. The van der Waals surface area contributed by atoms with Crippen LogP contribution in [0.3, 0.4) is 0 Å². The molecule has 0 atom stereocenters. The molecule has 180 valence electrons. The minimum atomic E-state index is -0.318. The first-order valence-electron chi connectivity index (χ1n) is 12.5. The number of benzene rings is 2. The molecule has 1 aromatic heterocycles. The van der Waals surface area contributed by atoms with Crippen molar-refractivity contribution in [1.82, 2.24) is 19.8 Å². The lowest BCUT2D eigenvalue weighted by Crippen LogP contribution is -2.42. The molecule has 7 heteroatoms. The van der Waals surface area contributed by atoms with E-state index in [1.54, 1.807) is 0 Å². The van der Waals surface area contributed by atoms with Gasteiger partial charge in [-0.25, -0.2) is 9.59 Å². The lowest BCUT2D eigenvalue weighted by Gasteiger charge is -2.37. The highest BCUT2D eigenvalue weighted by Gasteiger charge is 2.28. The van der Waals surface area contributed by atoms with Crippen LogP contribution < -0.4 is 11.0 Å². The number of amides is 1. The number of nitrogens with one attached hydrogen (secondary N) is 2.